The van der Waals surface area contributed by atoms with Crippen LogP contribution in [0.3, 0.4) is 0 Å². The van der Waals surface area contributed by atoms with E-state index in [1.54, 1.807) is 21.1 Å². The van der Waals surface area contributed by atoms with Crippen LogP contribution in [0.15, 0.2) is 12.2 Å². The molecule has 0 aromatic rings. The zero-order chi connectivity index (χ0) is 11.2. The Balaban J connectivity index is 0. The Hall–Kier alpha value is -0.660. The summed E-state index contributed by atoms with van der Waals surface area (Å²) in [6, 6.07) is 0. The van der Waals surface area contributed by atoms with Crippen LogP contribution < -0.4 is 21.8 Å². The van der Waals surface area contributed by atoms with Crippen molar-refractivity contribution in [3.05, 3.63) is 12.2 Å². The van der Waals surface area contributed by atoms with E-state index in [2.05, 4.69) is 27.4 Å². The molecule has 0 aliphatic heterocycles. The molecular weight excluding hydrogens is 220 g/mol. The van der Waals surface area contributed by atoms with E-state index in [9.17, 15) is 4.79 Å². The minimum atomic E-state index is -0.616. The van der Waals surface area contributed by atoms with E-state index in [0.717, 1.165) is 0 Å². The fourth-order valence-electron chi connectivity index (χ4n) is 1.12. The minimum Gasteiger partial charge on any atom is -0.370 e. The van der Waals surface area contributed by atoms with Gasteiger partial charge in [0.05, 0.1) is 0 Å². The Morgan fingerprint density at radius 1 is 1.33 bits per heavy atom. The Kier molecular flexibility index (Phi) is 8.50. The molecule has 90 valence electrons. The van der Waals surface area contributed by atoms with Crippen LogP contribution in [0.1, 0.15) is 6.42 Å². The zero-order valence-electron chi connectivity index (χ0n) is 9.22. The molecule has 0 aromatic carbocycles. The number of hydrogen-bond donors (Lipinski definition) is 4. The summed E-state index contributed by atoms with van der Waals surface area (Å²) >= 11 is 0. The number of nitrogens with two attached hydrogens (primary N) is 1. The van der Waals surface area contributed by atoms with Crippen LogP contribution in [0.2, 0.25) is 0 Å². The molecule has 0 spiro atoms. The van der Waals surface area contributed by atoms with E-state index in [-0.39, 0.29) is 18.0 Å². The SMILES string of the molecule is C=C(CC(NC)(NC)NC)C(=O)ON.Cl. The molecule has 0 saturated carbocycles. The van der Waals surface area contributed by atoms with Crippen LogP contribution in [-0.4, -0.2) is 32.9 Å². The van der Waals surface area contributed by atoms with Gasteiger partial charge in [0.25, 0.3) is 0 Å². The maximum atomic E-state index is 11.0. The third-order valence-electron chi connectivity index (χ3n) is 2.15. The molecule has 0 aliphatic rings. The molecule has 0 heterocycles. The molecule has 15 heavy (non-hydrogen) atoms. The molecule has 0 atom stereocenters. The topological polar surface area (TPSA) is 88.4 Å². The van der Waals surface area contributed by atoms with Crippen molar-refractivity contribution in [2.24, 2.45) is 5.90 Å². The molecule has 0 rings (SSSR count). The highest BCUT2D eigenvalue weighted by molar-refractivity contribution is 5.87. The van der Waals surface area contributed by atoms with Gasteiger partial charge in [0.1, 0.15) is 5.79 Å². The van der Waals surface area contributed by atoms with E-state index in [0.29, 0.717) is 6.42 Å². The van der Waals surface area contributed by atoms with Crippen molar-refractivity contribution in [2.75, 3.05) is 21.1 Å². The van der Waals surface area contributed by atoms with E-state index in [1.807, 2.05) is 0 Å². The fraction of sp³-hybridized carbons (Fsp3) is 0.625. The molecule has 0 aromatic heterocycles. The van der Waals surface area contributed by atoms with Gasteiger partial charge >= 0.3 is 5.97 Å². The second-order valence-corrected chi connectivity index (χ2v) is 2.84. The van der Waals surface area contributed by atoms with Crippen molar-refractivity contribution in [2.45, 2.75) is 12.2 Å². The number of halogens is 1. The van der Waals surface area contributed by atoms with Crippen molar-refractivity contribution in [1.82, 2.24) is 16.0 Å². The molecule has 0 unspecified atom stereocenters. The molecule has 0 bridgehead atoms. The van der Waals surface area contributed by atoms with Gasteiger partial charge in [0.15, 0.2) is 0 Å². The quantitative estimate of drug-likeness (QED) is 0.272. The highest BCUT2D eigenvalue weighted by Crippen LogP contribution is 2.09. The largest absolute Gasteiger partial charge is 0.370 e. The molecule has 0 aliphatic carbocycles. The number of carbonyl (C=O) groups excluding carboxylic acids is 1. The predicted octanol–water partition coefficient (Wildman–Crippen LogP) is -0.917. The highest BCUT2D eigenvalue weighted by atomic mass is 35.5. The standard InChI is InChI=1S/C8H18N4O2.ClH/c1-6(7(13)14-9)5-8(10-2,11-3)12-4;/h10-12H,1,5,9H2,2-4H3;1H. The Labute approximate surface area is 96.0 Å². The summed E-state index contributed by atoms with van der Waals surface area (Å²) in [5.41, 5.74) is 0.283. The summed E-state index contributed by atoms with van der Waals surface area (Å²) in [7, 11) is 5.27. The lowest BCUT2D eigenvalue weighted by Gasteiger charge is -2.33. The number of hydrogen-bond acceptors (Lipinski definition) is 6. The van der Waals surface area contributed by atoms with Crippen molar-refractivity contribution in [1.29, 1.82) is 0 Å². The van der Waals surface area contributed by atoms with Gasteiger partial charge in [-0.3, -0.25) is 16.0 Å². The maximum absolute atomic E-state index is 11.0. The van der Waals surface area contributed by atoms with E-state index >= 15 is 0 Å². The number of nitrogens with one attached hydrogen (secondary N) is 3. The van der Waals surface area contributed by atoms with Crippen molar-refractivity contribution in [3.8, 4) is 0 Å². The lowest BCUT2D eigenvalue weighted by Crippen LogP contribution is -2.63. The van der Waals surface area contributed by atoms with Crippen molar-refractivity contribution < 1.29 is 9.63 Å². The highest BCUT2D eigenvalue weighted by Gasteiger charge is 2.27. The molecule has 0 radical (unpaired) electrons. The molecule has 7 heteroatoms. The lowest BCUT2D eigenvalue weighted by molar-refractivity contribution is -0.139. The zero-order valence-corrected chi connectivity index (χ0v) is 10.0. The smallest absolute Gasteiger partial charge is 0.352 e. The van der Waals surface area contributed by atoms with Gasteiger partial charge in [-0.05, 0) is 21.1 Å². The fourth-order valence-corrected chi connectivity index (χ4v) is 1.12. The summed E-state index contributed by atoms with van der Waals surface area (Å²) in [6.45, 7) is 3.58. The van der Waals surface area contributed by atoms with Gasteiger partial charge in [0.2, 0.25) is 0 Å². The van der Waals surface area contributed by atoms with Crippen molar-refractivity contribution in [3.63, 3.8) is 0 Å². The van der Waals surface area contributed by atoms with Crippen LogP contribution in [0.5, 0.6) is 0 Å². The first-order valence-electron chi connectivity index (χ1n) is 4.20. The Bertz CT molecular complexity index is 210. The summed E-state index contributed by atoms with van der Waals surface area (Å²) in [5.74, 6) is 3.55. The summed E-state index contributed by atoms with van der Waals surface area (Å²) in [4.78, 5) is 15.1. The number of carbonyl (C=O) groups is 1. The maximum Gasteiger partial charge on any atom is 0.352 e. The van der Waals surface area contributed by atoms with E-state index in [4.69, 9.17) is 5.90 Å². The average molecular weight is 239 g/mol. The van der Waals surface area contributed by atoms with Gasteiger partial charge in [-0.1, -0.05) is 6.58 Å². The first kappa shape index (κ1) is 16.8. The Morgan fingerprint density at radius 3 is 2.00 bits per heavy atom. The molecule has 0 saturated heterocycles. The van der Waals surface area contributed by atoms with Crippen LogP contribution in [0.4, 0.5) is 0 Å². The minimum absolute atomic E-state index is 0. The molecule has 0 fully saturated rings. The average Bonchev–Trinajstić information content (AvgIpc) is 2.24. The van der Waals surface area contributed by atoms with Gasteiger partial charge in [0, 0.05) is 12.0 Å². The third kappa shape index (κ3) is 4.59. The first-order valence-corrected chi connectivity index (χ1v) is 4.20. The van der Waals surface area contributed by atoms with Gasteiger partial charge in [-0.15, -0.1) is 12.4 Å². The van der Waals surface area contributed by atoms with E-state index in [1.165, 1.54) is 0 Å². The molecule has 5 N–H and O–H groups in total. The third-order valence-corrected chi connectivity index (χ3v) is 2.15. The molecular formula is C8H19ClN4O2. The van der Waals surface area contributed by atoms with Crippen LogP contribution >= 0.6 is 12.4 Å². The number of rotatable bonds is 6. The van der Waals surface area contributed by atoms with Gasteiger partial charge in [-0.2, -0.15) is 5.90 Å². The first-order chi connectivity index (χ1) is 6.55. The van der Waals surface area contributed by atoms with Gasteiger partial charge in [-0.25, -0.2) is 4.79 Å². The molecule has 0 amide bonds. The van der Waals surface area contributed by atoms with Crippen LogP contribution in [0, 0.1) is 0 Å². The Morgan fingerprint density at radius 2 is 1.73 bits per heavy atom. The second kappa shape index (κ2) is 7.61. The summed E-state index contributed by atoms with van der Waals surface area (Å²) in [6.07, 6.45) is 0.340. The summed E-state index contributed by atoms with van der Waals surface area (Å²) < 4.78 is 0. The monoisotopic (exact) mass is 238 g/mol. The normalized spacial score (nSPS) is 10.4. The van der Waals surface area contributed by atoms with Crippen LogP contribution in [0.25, 0.3) is 0 Å². The van der Waals surface area contributed by atoms with Crippen LogP contribution in [-0.2, 0) is 9.63 Å². The van der Waals surface area contributed by atoms with E-state index < -0.39 is 11.8 Å². The lowest BCUT2D eigenvalue weighted by atomic mass is 10.1. The molecule has 6 nitrogen and oxygen atoms in total. The summed E-state index contributed by atoms with van der Waals surface area (Å²) in [5, 5.41) is 8.98. The van der Waals surface area contributed by atoms with Crippen molar-refractivity contribution >= 4 is 18.4 Å². The predicted molar refractivity (Wildman–Crippen MR) is 61.2 cm³/mol. The van der Waals surface area contributed by atoms with Gasteiger partial charge < -0.3 is 4.84 Å². The second-order valence-electron chi connectivity index (χ2n) is 2.84.